The van der Waals surface area contributed by atoms with Crippen molar-refractivity contribution in [3.63, 3.8) is 0 Å². The van der Waals surface area contributed by atoms with Crippen LogP contribution in [-0.4, -0.2) is 31.4 Å². The van der Waals surface area contributed by atoms with Gasteiger partial charge in [0.2, 0.25) is 0 Å². The van der Waals surface area contributed by atoms with Crippen molar-refractivity contribution in [1.29, 1.82) is 0 Å². The molecule has 0 aromatic carbocycles. The summed E-state index contributed by atoms with van der Waals surface area (Å²) in [7, 11) is 0. The van der Waals surface area contributed by atoms with Crippen molar-refractivity contribution < 1.29 is 5.11 Å². The molecule has 0 amide bonds. The van der Waals surface area contributed by atoms with Crippen LogP contribution >= 0.6 is 11.8 Å². The summed E-state index contributed by atoms with van der Waals surface area (Å²) in [6.07, 6.45) is 7.58. The van der Waals surface area contributed by atoms with Crippen LogP contribution in [0.1, 0.15) is 31.1 Å². The Hall–Kier alpha value is -0.550. The summed E-state index contributed by atoms with van der Waals surface area (Å²) < 4.78 is 2.04. The molecule has 1 aromatic rings. The molecule has 2 rings (SSSR count). The molecule has 5 heteroatoms. The maximum atomic E-state index is 9.10. The van der Waals surface area contributed by atoms with E-state index in [2.05, 4.69) is 16.5 Å². The molecule has 14 heavy (non-hydrogen) atoms. The number of thioether (sulfide) groups is 1. The Balaban J connectivity index is 2.21. The number of aliphatic hydroxyl groups is 1. The van der Waals surface area contributed by atoms with Crippen LogP contribution in [0.5, 0.6) is 0 Å². The predicted molar refractivity (Wildman–Crippen MR) is 56.1 cm³/mol. The number of hydrogen-bond donors (Lipinski definition) is 1. The molecular formula is C9H15N3OS. The van der Waals surface area contributed by atoms with E-state index < -0.39 is 0 Å². The lowest BCUT2D eigenvalue weighted by Gasteiger charge is -2.19. The van der Waals surface area contributed by atoms with Crippen molar-refractivity contribution >= 4 is 11.8 Å². The highest BCUT2D eigenvalue weighted by Crippen LogP contribution is 2.37. The first-order valence-corrected chi connectivity index (χ1v) is 6.17. The van der Waals surface area contributed by atoms with Gasteiger partial charge in [0, 0.05) is 11.3 Å². The molecule has 2 unspecified atom stereocenters. The zero-order chi connectivity index (χ0) is 9.97. The van der Waals surface area contributed by atoms with Crippen molar-refractivity contribution in [1.82, 2.24) is 14.8 Å². The van der Waals surface area contributed by atoms with Gasteiger partial charge in [0.15, 0.2) is 5.82 Å². The number of nitrogens with zero attached hydrogens (tertiary/aromatic N) is 3. The highest BCUT2D eigenvalue weighted by atomic mass is 32.2. The lowest BCUT2D eigenvalue weighted by Crippen LogP contribution is -2.17. The van der Waals surface area contributed by atoms with Crippen LogP contribution < -0.4 is 0 Å². The van der Waals surface area contributed by atoms with Gasteiger partial charge >= 0.3 is 0 Å². The van der Waals surface area contributed by atoms with Crippen molar-refractivity contribution in [3.8, 4) is 0 Å². The Bertz CT molecular complexity index is 302. The van der Waals surface area contributed by atoms with E-state index in [0.29, 0.717) is 17.1 Å². The number of rotatable bonds is 3. The van der Waals surface area contributed by atoms with Crippen LogP contribution in [0.15, 0.2) is 6.33 Å². The first-order valence-electron chi connectivity index (χ1n) is 4.89. The summed E-state index contributed by atoms with van der Waals surface area (Å²) in [5.74, 6) is 0.691. The normalized spacial score (nSPS) is 27.0. The highest BCUT2D eigenvalue weighted by Gasteiger charge is 2.29. The lowest BCUT2D eigenvalue weighted by molar-refractivity contribution is 0.260. The van der Waals surface area contributed by atoms with Crippen molar-refractivity contribution in [2.24, 2.45) is 0 Å². The highest BCUT2D eigenvalue weighted by molar-refractivity contribution is 7.99. The van der Waals surface area contributed by atoms with E-state index >= 15 is 0 Å². The molecule has 1 fully saturated rings. The van der Waals surface area contributed by atoms with Gasteiger partial charge in [0.05, 0.1) is 0 Å². The summed E-state index contributed by atoms with van der Waals surface area (Å²) in [4.78, 5) is 0. The van der Waals surface area contributed by atoms with E-state index in [4.69, 9.17) is 5.11 Å². The molecule has 1 aliphatic rings. The largest absolute Gasteiger partial charge is 0.388 e. The fourth-order valence-corrected chi connectivity index (χ4v) is 3.14. The molecule has 1 heterocycles. The zero-order valence-electron chi connectivity index (χ0n) is 8.26. The van der Waals surface area contributed by atoms with Crippen molar-refractivity contribution in [2.45, 2.75) is 37.2 Å². The molecule has 0 bridgehead atoms. The van der Waals surface area contributed by atoms with Gasteiger partial charge in [-0.3, -0.25) is 0 Å². The average molecular weight is 213 g/mol. The van der Waals surface area contributed by atoms with E-state index in [-0.39, 0.29) is 6.61 Å². The molecular weight excluding hydrogens is 198 g/mol. The SMILES string of the molecule is CSC1CCCC1n1cnnc1CO. The van der Waals surface area contributed by atoms with Crippen LogP contribution in [0.2, 0.25) is 0 Å². The van der Waals surface area contributed by atoms with Crippen LogP contribution in [-0.2, 0) is 6.61 Å². The molecule has 1 saturated carbocycles. The molecule has 0 radical (unpaired) electrons. The Morgan fingerprint density at radius 1 is 1.64 bits per heavy atom. The van der Waals surface area contributed by atoms with E-state index in [1.165, 1.54) is 19.3 Å². The molecule has 0 aliphatic heterocycles. The summed E-state index contributed by atoms with van der Waals surface area (Å²) >= 11 is 1.90. The molecule has 2 atom stereocenters. The summed E-state index contributed by atoms with van der Waals surface area (Å²) in [5.41, 5.74) is 0. The molecule has 78 valence electrons. The molecule has 0 saturated heterocycles. The van der Waals surface area contributed by atoms with Gasteiger partial charge in [-0.2, -0.15) is 11.8 Å². The maximum Gasteiger partial charge on any atom is 0.158 e. The average Bonchev–Trinajstić information content (AvgIpc) is 2.85. The maximum absolute atomic E-state index is 9.10. The minimum atomic E-state index is -0.0163. The minimum Gasteiger partial charge on any atom is -0.388 e. The third-order valence-electron chi connectivity index (χ3n) is 2.87. The van der Waals surface area contributed by atoms with Gasteiger partial charge in [-0.05, 0) is 19.1 Å². The quantitative estimate of drug-likeness (QED) is 0.820. The summed E-state index contributed by atoms with van der Waals surface area (Å²) in [6.45, 7) is -0.0163. The van der Waals surface area contributed by atoms with Crippen molar-refractivity contribution in [3.05, 3.63) is 12.2 Å². The van der Waals surface area contributed by atoms with E-state index in [0.717, 1.165) is 0 Å². The minimum absolute atomic E-state index is 0.0163. The third-order valence-corrected chi connectivity index (χ3v) is 4.02. The predicted octanol–water partition coefficient (Wildman–Crippen LogP) is 1.23. The Labute approximate surface area is 87.7 Å². The third kappa shape index (κ3) is 1.66. The van der Waals surface area contributed by atoms with Crippen molar-refractivity contribution in [2.75, 3.05) is 6.26 Å². The summed E-state index contributed by atoms with van der Waals surface area (Å²) in [6, 6.07) is 0.474. The zero-order valence-corrected chi connectivity index (χ0v) is 9.07. The van der Waals surface area contributed by atoms with Gasteiger partial charge in [-0.1, -0.05) is 6.42 Å². The van der Waals surface area contributed by atoms with Crippen LogP contribution in [0.4, 0.5) is 0 Å². The topological polar surface area (TPSA) is 50.9 Å². The smallest absolute Gasteiger partial charge is 0.158 e. The fourth-order valence-electron chi connectivity index (χ4n) is 2.16. The second-order valence-corrected chi connectivity index (χ2v) is 4.66. The lowest BCUT2D eigenvalue weighted by atomic mass is 10.2. The Kier molecular flexibility index (Phi) is 3.08. The van der Waals surface area contributed by atoms with Gasteiger partial charge in [0.25, 0.3) is 0 Å². The Morgan fingerprint density at radius 2 is 2.50 bits per heavy atom. The molecule has 1 aromatic heterocycles. The van der Waals surface area contributed by atoms with E-state index in [1.54, 1.807) is 6.33 Å². The van der Waals surface area contributed by atoms with Crippen LogP contribution in [0, 0.1) is 0 Å². The second kappa shape index (κ2) is 4.31. The van der Waals surface area contributed by atoms with Gasteiger partial charge in [0.1, 0.15) is 12.9 Å². The number of hydrogen-bond acceptors (Lipinski definition) is 4. The van der Waals surface area contributed by atoms with Gasteiger partial charge in [-0.25, -0.2) is 0 Å². The fraction of sp³-hybridized carbons (Fsp3) is 0.778. The summed E-state index contributed by atoms with van der Waals surface area (Å²) in [5, 5.41) is 17.5. The van der Waals surface area contributed by atoms with Crippen LogP contribution in [0.3, 0.4) is 0 Å². The molecule has 1 N–H and O–H groups in total. The van der Waals surface area contributed by atoms with E-state index in [1.807, 2.05) is 16.3 Å². The van der Waals surface area contributed by atoms with Crippen LogP contribution in [0.25, 0.3) is 0 Å². The number of aliphatic hydroxyl groups excluding tert-OH is 1. The monoisotopic (exact) mass is 213 g/mol. The Morgan fingerprint density at radius 3 is 3.21 bits per heavy atom. The number of aromatic nitrogens is 3. The second-order valence-electron chi connectivity index (χ2n) is 3.58. The molecule has 0 spiro atoms. The van der Waals surface area contributed by atoms with Gasteiger partial charge in [-0.15, -0.1) is 10.2 Å². The van der Waals surface area contributed by atoms with Gasteiger partial charge < -0.3 is 9.67 Å². The van der Waals surface area contributed by atoms with E-state index in [9.17, 15) is 0 Å². The standard InChI is InChI=1S/C9H15N3OS/c1-14-8-4-2-3-7(8)12-6-10-11-9(12)5-13/h6-8,13H,2-5H2,1H3. The first-order chi connectivity index (χ1) is 6.86. The first kappa shape index (κ1) is 9.98. The molecule has 1 aliphatic carbocycles. The molecule has 4 nitrogen and oxygen atoms in total.